The molecule has 6 aromatic heterocycles. The molecule has 666 valence electrons. The molecule has 0 aliphatic heterocycles. The minimum Gasteiger partial charge on any atom is -0.481 e. The summed E-state index contributed by atoms with van der Waals surface area (Å²) in [5.74, 6) is 0.101. The van der Waals surface area contributed by atoms with Crippen LogP contribution in [0.25, 0.3) is 22.3 Å². The van der Waals surface area contributed by atoms with Crippen molar-refractivity contribution in [1.29, 1.82) is 0 Å². The summed E-state index contributed by atoms with van der Waals surface area (Å²) >= 11 is 0. The normalized spacial score (nSPS) is 14.2. The van der Waals surface area contributed by atoms with E-state index in [1.54, 1.807) is 49.2 Å². The van der Waals surface area contributed by atoms with Gasteiger partial charge in [0.15, 0.2) is 10.1 Å². The molecule has 42 heteroatoms. The van der Waals surface area contributed by atoms with Crippen molar-refractivity contribution in [3.05, 3.63) is 183 Å². The first-order valence-electron chi connectivity index (χ1n) is 41.2. The fourth-order valence-corrected chi connectivity index (χ4v) is 19.3. The lowest BCUT2D eigenvalue weighted by molar-refractivity contribution is 0.255. The second-order valence-electron chi connectivity index (χ2n) is 32.3. The maximum absolute atomic E-state index is 14.7. The van der Waals surface area contributed by atoms with Crippen LogP contribution in [0, 0.1) is 5.82 Å². The minimum atomic E-state index is -4.19. The van der Waals surface area contributed by atoms with Crippen molar-refractivity contribution in [1.82, 2.24) is 97.8 Å². The van der Waals surface area contributed by atoms with Gasteiger partial charge in [-0.15, -0.1) is 10.2 Å². The Morgan fingerprint density at radius 3 is 1.32 bits per heavy atom. The number of rotatable bonds is 27. The van der Waals surface area contributed by atoms with Gasteiger partial charge in [0.05, 0.1) is 50.9 Å². The van der Waals surface area contributed by atoms with Gasteiger partial charge < -0.3 is 45.6 Å². The number of pyridine rings is 2. The Morgan fingerprint density at radius 2 is 0.840 bits per heavy atom. The fraction of sp³-hybridized carbons (Fsp3) is 0.422. The average molecular weight is 1790 g/mol. The highest BCUT2D eigenvalue weighted by molar-refractivity contribution is 7.90. The molecule has 6 heterocycles. The first-order chi connectivity index (χ1) is 59.7. The molecule has 16 rings (SSSR count). The van der Waals surface area contributed by atoms with Crippen LogP contribution in [0.4, 0.5) is 46.3 Å². The van der Waals surface area contributed by atoms with E-state index >= 15 is 0 Å². The lowest BCUT2D eigenvalue weighted by Gasteiger charge is -2.17. The van der Waals surface area contributed by atoms with Gasteiger partial charge in [0.1, 0.15) is 12.1 Å². The number of methoxy groups -OCH3 is 1. The highest BCUT2D eigenvalue weighted by Gasteiger charge is 2.33. The summed E-state index contributed by atoms with van der Waals surface area (Å²) in [4.78, 5) is 70.6. The number of ether oxygens (including phenoxy) is 1. The molecule has 4 aromatic carbocycles. The third-order valence-corrected chi connectivity index (χ3v) is 26.9. The summed E-state index contributed by atoms with van der Waals surface area (Å²) in [6.07, 6.45) is 27.1. The van der Waals surface area contributed by atoms with E-state index in [0.29, 0.717) is 105 Å². The molecule has 6 aliphatic carbocycles. The standard InChI is InChI=1S/C23H28N6O4S.C22H25FN6O3S.2C19H26N6O3S/c1-28(2)13-14-29-12-10-21(26-29)34(31,32)27-23(30)25-22-18-6-4-5-16(18)7-8-19(22)17-9-11-24-20(15-17)33-3;1-28(2)11-12-29-10-8-20(26-29)33(31,32)27-22(30)25-21-17-7-3-6-16(17)19(23)13-18(21)15-5-4-9-24-14-15;1-24(2)9-10-25-12-20-19(22-25)29(27,28)23-18(26)21-17-15-7-3-5-13(15)11-14-6-4-8-16(14)17;1-24(2)9-10-25-12-17(21-23-25)29(27,28)22-19(26)20-18-15-7-3-5-13(15)11-14-6-4-8-16(14)18/h7-12,15H,4-6,13-14H2,1-3H3,(H2,25,27,30);4-5,8-10,13-14H,3,6-7,11-12H2,1-2H3,(H2,25,27,30);11-12H,3-10H2,1-2H3,(H2,21,23,26);11-12H,3-10H2,1-2H3,(H2,20,22,26). The number of anilines is 4. The van der Waals surface area contributed by atoms with Gasteiger partial charge in [-0.2, -0.15) is 43.9 Å². The third kappa shape index (κ3) is 22.7. The van der Waals surface area contributed by atoms with Crippen molar-refractivity contribution in [2.24, 2.45) is 0 Å². The van der Waals surface area contributed by atoms with Crippen molar-refractivity contribution in [2.75, 3.05) is 111 Å². The third-order valence-electron chi connectivity index (χ3n) is 22.1. The molecule has 0 spiro atoms. The Bertz CT molecular complexity index is 5900. The number of hydrogen-bond donors (Lipinski definition) is 8. The lowest BCUT2D eigenvalue weighted by atomic mass is 9.97. The monoisotopic (exact) mass is 1790 g/mol. The Labute approximate surface area is 726 Å². The predicted molar refractivity (Wildman–Crippen MR) is 467 cm³/mol. The number of aryl methyl sites for hydroxylation is 5. The van der Waals surface area contributed by atoms with Crippen molar-refractivity contribution < 1.29 is 62.0 Å². The van der Waals surface area contributed by atoms with Gasteiger partial charge in [0.2, 0.25) is 10.9 Å². The van der Waals surface area contributed by atoms with Gasteiger partial charge in [-0.1, -0.05) is 35.5 Å². The Kier molecular flexibility index (Phi) is 28.9. The molecule has 0 atom stereocenters. The first-order valence-corrected chi connectivity index (χ1v) is 47.1. The van der Waals surface area contributed by atoms with Gasteiger partial charge in [-0.25, -0.2) is 57.1 Å². The number of urea groups is 4. The smallest absolute Gasteiger partial charge is 0.333 e. The lowest BCUT2D eigenvalue weighted by Crippen LogP contribution is -2.35. The number of nitrogens with zero attached hydrogens (tertiary/aromatic N) is 16. The van der Waals surface area contributed by atoms with Crippen LogP contribution in [0.1, 0.15) is 105 Å². The SMILES string of the molecule is CN(C)CCn1cc(S(=O)(=O)NC(=O)Nc2c3c(cc4c2CCC4)CCC3)nn1.CN(C)CCn1ccc(S(=O)(=O)NC(=O)Nc2c(-c3cccnc3)cc(F)c3c2CCC3)n1.CN(C)CCn1cnc(S(=O)(=O)NC(=O)Nc2c3c(cc4c2CCC4)CCC3)n1.COc1cc(-c2ccc3c(c2NC(=O)NS(=O)(=O)c2ccn(CCN(C)C)n2)CCC3)ccn1. The molecule has 6 aliphatic rings. The number of benzene rings is 4. The first kappa shape index (κ1) is 91.0. The van der Waals surface area contributed by atoms with E-state index in [9.17, 15) is 57.2 Å². The molecule has 0 radical (unpaired) electrons. The molecule has 0 saturated carbocycles. The number of sulfonamides is 4. The Morgan fingerprint density at radius 1 is 0.416 bits per heavy atom. The van der Waals surface area contributed by atoms with Gasteiger partial charge in [0, 0.05) is 91.3 Å². The zero-order valence-electron chi connectivity index (χ0n) is 71.3. The molecule has 0 fully saturated rings. The molecule has 0 unspecified atom stereocenters. The summed E-state index contributed by atoms with van der Waals surface area (Å²) in [6.45, 7) is 4.82. The number of halogens is 1. The van der Waals surface area contributed by atoms with Crippen molar-refractivity contribution >= 4 is 87.0 Å². The molecule has 0 saturated heterocycles. The summed E-state index contributed by atoms with van der Waals surface area (Å²) in [5.41, 5.74) is 18.2. The van der Waals surface area contributed by atoms with Crippen molar-refractivity contribution in [3.8, 4) is 28.1 Å². The van der Waals surface area contributed by atoms with Crippen molar-refractivity contribution in [2.45, 2.75) is 162 Å². The number of fused-ring (bicyclic) bond motifs is 6. The molecular weight excluding hydrogens is 1690 g/mol. The number of carbonyl (C=O) groups excluding carboxylic acids is 4. The number of amides is 8. The van der Waals surface area contributed by atoms with Crippen LogP contribution in [-0.4, -0.2) is 226 Å². The highest BCUT2D eigenvalue weighted by atomic mass is 32.2. The van der Waals surface area contributed by atoms with E-state index < -0.39 is 69.4 Å². The number of aromatic nitrogens is 12. The predicted octanol–water partition coefficient (Wildman–Crippen LogP) is 7.81. The van der Waals surface area contributed by atoms with E-state index in [1.165, 1.54) is 78.8 Å². The maximum atomic E-state index is 14.7. The van der Waals surface area contributed by atoms with Gasteiger partial charge >= 0.3 is 34.1 Å². The molecular formula is C83H105FN24O13S4. The summed E-state index contributed by atoms with van der Waals surface area (Å²) in [7, 11) is 0.269. The quantitative estimate of drug-likeness (QED) is 0.0243. The van der Waals surface area contributed by atoms with E-state index in [0.717, 1.165) is 159 Å². The van der Waals surface area contributed by atoms with Crippen LogP contribution < -0.4 is 44.9 Å². The van der Waals surface area contributed by atoms with Crippen LogP contribution >= 0.6 is 0 Å². The second kappa shape index (κ2) is 39.7. The molecule has 0 bridgehead atoms. The van der Waals surface area contributed by atoms with Crippen LogP contribution in [0.3, 0.4) is 0 Å². The van der Waals surface area contributed by atoms with Gasteiger partial charge in [-0.3, -0.25) is 19.0 Å². The average Bonchev–Trinajstić information content (AvgIpc) is 1.62. The van der Waals surface area contributed by atoms with E-state index in [4.69, 9.17) is 4.74 Å². The molecule has 10 aromatic rings. The highest BCUT2D eigenvalue weighted by Crippen LogP contribution is 2.43. The van der Waals surface area contributed by atoms with E-state index in [2.05, 4.69) is 88.1 Å². The van der Waals surface area contributed by atoms with Gasteiger partial charge in [-0.05, 0) is 275 Å². The van der Waals surface area contributed by atoms with Crippen LogP contribution in [-0.2, 0) is 143 Å². The Hall–Kier alpha value is -11.7. The number of likely N-dealkylation sites (N-methyl/N-ethyl adjacent to an activating group) is 4. The van der Waals surface area contributed by atoms with E-state index in [1.807, 2.05) is 98.9 Å². The zero-order valence-corrected chi connectivity index (χ0v) is 74.5. The van der Waals surface area contributed by atoms with E-state index in [-0.39, 0.29) is 20.9 Å². The molecule has 37 nitrogen and oxygen atoms in total. The summed E-state index contributed by atoms with van der Waals surface area (Å²) in [5, 5.41) is 29.6. The minimum absolute atomic E-state index is 0.209. The maximum Gasteiger partial charge on any atom is 0.333 e. The van der Waals surface area contributed by atoms with Crippen LogP contribution in [0.2, 0.25) is 0 Å². The number of hydrogen-bond acceptors (Lipinski definition) is 25. The topological polar surface area (TPSA) is 446 Å². The zero-order chi connectivity index (χ0) is 89.1. The molecule has 8 amide bonds. The largest absolute Gasteiger partial charge is 0.481 e. The molecule has 125 heavy (non-hydrogen) atoms. The number of nitrogens with one attached hydrogen (secondary N) is 8. The van der Waals surface area contributed by atoms with Crippen LogP contribution in [0.5, 0.6) is 5.88 Å². The second-order valence-corrected chi connectivity index (χ2v) is 38.7. The summed E-state index contributed by atoms with van der Waals surface area (Å²) in [6, 6.07) is 16.3. The number of carbonyl (C=O) groups is 4. The van der Waals surface area contributed by atoms with Crippen LogP contribution in [0.15, 0.2) is 130 Å². The molecule has 8 N–H and O–H groups in total. The summed E-state index contributed by atoms with van der Waals surface area (Å²) < 4.78 is 135. The van der Waals surface area contributed by atoms with Crippen molar-refractivity contribution in [3.63, 3.8) is 0 Å². The van der Waals surface area contributed by atoms with Gasteiger partial charge in [0.25, 0.3) is 35.2 Å². The Balaban J connectivity index is 0.000000143. The fourth-order valence-electron chi connectivity index (χ4n) is 16.0.